The Kier molecular flexibility index (Phi) is 5.14. The summed E-state index contributed by atoms with van der Waals surface area (Å²) >= 11 is 0. The van der Waals surface area contributed by atoms with Gasteiger partial charge in [-0.15, -0.1) is 0 Å². The van der Waals surface area contributed by atoms with Crippen molar-refractivity contribution in [1.82, 2.24) is 9.62 Å². The Hall–Kier alpha value is -1.03. The lowest BCUT2D eigenvalue weighted by Gasteiger charge is -2.33. The number of amides is 1. The summed E-state index contributed by atoms with van der Waals surface area (Å²) in [5.41, 5.74) is -6.07. The number of carbonyl (C=O) groups is 1. The van der Waals surface area contributed by atoms with Crippen LogP contribution in [0.25, 0.3) is 0 Å². The number of nitrogens with zero attached hydrogens (tertiary/aromatic N) is 1. The molecule has 10 heteroatoms. The van der Waals surface area contributed by atoms with Crippen LogP contribution in [0, 0.1) is 0 Å². The maximum Gasteiger partial charge on any atom is 0.511 e. The molecule has 1 saturated heterocycles. The molecule has 1 aliphatic heterocycles. The second-order valence-electron chi connectivity index (χ2n) is 5.79. The Labute approximate surface area is 121 Å². The van der Waals surface area contributed by atoms with Gasteiger partial charge in [0, 0.05) is 19.1 Å². The number of hydrogen-bond donors (Lipinski definition) is 1. The van der Waals surface area contributed by atoms with Crippen molar-refractivity contribution in [1.29, 1.82) is 0 Å². The van der Waals surface area contributed by atoms with E-state index in [2.05, 4.69) is 5.32 Å². The van der Waals surface area contributed by atoms with Crippen LogP contribution in [-0.2, 0) is 14.8 Å². The van der Waals surface area contributed by atoms with Gasteiger partial charge < -0.3 is 10.1 Å². The topological polar surface area (TPSA) is 75.7 Å². The Balaban J connectivity index is 2.68. The number of carbonyl (C=O) groups excluding carboxylic acids is 1. The molecule has 0 radical (unpaired) electrons. The minimum absolute atomic E-state index is 0.214. The summed E-state index contributed by atoms with van der Waals surface area (Å²) in [4.78, 5) is 11.6. The second kappa shape index (κ2) is 5.99. The van der Waals surface area contributed by atoms with Crippen LogP contribution < -0.4 is 5.32 Å². The van der Waals surface area contributed by atoms with Gasteiger partial charge in [0.05, 0.1) is 0 Å². The molecular weight excluding hydrogens is 313 g/mol. The summed E-state index contributed by atoms with van der Waals surface area (Å²) in [6, 6.07) is -0.703. The third-order valence-corrected chi connectivity index (χ3v) is 4.33. The summed E-state index contributed by atoms with van der Waals surface area (Å²) in [6.07, 6.45) is -0.155. The standard InChI is InChI=1S/C11H19F3N2O4S/c1-10(2,3)20-9(17)15-8-5-4-6-16(7-8)21(18,19)11(12,13)14/h8H,4-7H2,1-3H3,(H,15,17). The normalized spacial score (nSPS) is 21.9. The number of ether oxygens (including phenoxy) is 1. The molecule has 0 spiro atoms. The molecule has 0 aromatic carbocycles. The van der Waals surface area contributed by atoms with E-state index in [9.17, 15) is 26.4 Å². The summed E-state index contributed by atoms with van der Waals surface area (Å²) in [5.74, 6) is 0. The molecule has 0 saturated carbocycles. The number of alkyl carbamates (subject to hydrolysis) is 1. The third-order valence-electron chi connectivity index (χ3n) is 2.74. The van der Waals surface area contributed by atoms with Gasteiger partial charge in [0.15, 0.2) is 0 Å². The highest BCUT2D eigenvalue weighted by atomic mass is 32.2. The van der Waals surface area contributed by atoms with Crippen molar-refractivity contribution in [3.63, 3.8) is 0 Å². The molecule has 0 aromatic heterocycles. The van der Waals surface area contributed by atoms with Gasteiger partial charge >= 0.3 is 21.6 Å². The van der Waals surface area contributed by atoms with E-state index in [4.69, 9.17) is 4.74 Å². The van der Waals surface area contributed by atoms with Crippen molar-refractivity contribution in [2.45, 2.75) is 50.8 Å². The second-order valence-corrected chi connectivity index (χ2v) is 7.72. The molecular formula is C11H19F3N2O4S. The van der Waals surface area contributed by atoms with Crippen molar-refractivity contribution < 1.29 is 31.1 Å². The smallest absolute Gasteiger partial charge is 0.444 e. The van der Waals surface area contributed by atoms with E-state index in [0.717, 1.165) is 0 Å². The minimum Gasteiger partial charge on any atom is -0.444 e. The van der Waals surface area contributed by atoms with Crippen LogP contribution >= 0.6 is 0 Å². The van der Waals surface area contributed by atoms with Crippen LogP contribution in [0.15, 0.2) is 0 Å². The summed E-state index contributed by atoms with van der Waals surface area (Å²) in [6.45, 7) is 4.31. The van der Waals surface area contributed by atoms with Crippen molar-refractivity contribution in [3.05, 3.63) is 0 Å². The molecule has 1 amide bonds. The van der Waals surface area contributed by atoms with Gasteiger partial charge in [0.1, 0.15) is 5.60 Å². The predicted molar refractivity (Wildman–Crippen MR) is 68.9 cm³/mol. The minimum atomic E-state index is -5.36. The predicted octanol–water partition coefficient (Wildman–Crippen LogP) is 1.83. The van der Waals surface area contributed by atoms with Gasteiger partial charge in [-0.25, -0.2) is 13.2 Å². The van der Waals surface area contributed by atoms with Gasteiger partial charge in [0.2, 0.25) is 0 Å². The highest BCUT2D eigenvalue weighted by Crippen LogP contribution is 2.29. The number of nitrogens with one attached hydrogen (secondary N) is 1. The number of hydrogen-bond acceptors (Lipinski definition) is 4. The van der Waals surface area contributed by atoms with Crippen molar-refractivity contribution in [3.8, 4) is 0 Å². The van der Waals surface area contributed by atoms with Crippen LogP contribution in [0.2, 0.25) is 0 Å². The molecule has 0 aromatic rings. The van der Waals surface area contributed by atoms with E-state index >= 15 is 0 Å². The maximum absolute atomic E-state index is 12.5. The SMILES string of the molecule is CC(C)(C)OC(=O)NC1CCCN(S(=O)(=O)C(F)(F)F)C1. The highest BCUT2D eigenvalue weighted by Gasteiger charge is 2.50. The zero-order valence-electron chi connectivity index (χ0n) is 12.0. The third kappa shape index (κ3) is 5.03. The fraction of sp³-hybridized carbons (Fsp3) is 0.909. The van der Waals surface area contributed by atoms with E-state index in [1.54, 1.807) is 20.8 Å². The van der Waals surface area contributed by atoms with Crippen LogP contribution in [0.1, 0.15) is 33.6 Å². The quantitative estimate of drug-likeness (QED) is 0.837. The molecule has 1 rings (SSSR count). The Morgan fingerprint density at radius 1 is 1.29 bits per heavy atom. The Bertz CT molecular complexity index is 485. The zero-order valence-corrected chi connectivity index (χ0v) is 12.8. The molecule has 21 heavy (non-hydrogen) atoms. The lowest BCUT2D eigenvalue weighted by molar-refractivity contribution is -0.0495. The van der Waals surface area contributed by atoms with E-state index in [1.807, 2.05) is 0 Å². The molecule has 1 heterocycles. The van der Waals surface area contributed by atoms with Crippen LogP contribution in [0.3, 0.4) is 0 Å². The first-order valence-corrected chi connectivity index (χ1v) is 7.83. The Morgan fingerprint density at radius 2 is 1.86 bits per heavy atom. The van der Waals surface area contributed by atoms with Gasteiger partial charge in [-0.1, -0.05) is 0 Å². The molecule has 1 fully saturated rings. The number of piperidine rings is 1. The first kappa shape index (κ1) is 18.0. The van der Waals surface area contributed by atoms with Crippen molar-refractivity contribution >= 4 is 16.1 Å². The van der Waals surface area contributed by atoms with Gasteiger partial charge in [-0.05, 0) is 33.6 Å². The molecule has 0 bridgehead atoms. The van der Waals surface area contributed by atoms with Gasteiger partial charge in [-0.2, -0.15) is 17.5 Å². The van der Waals surface area contributed by atoms with Crippen molar-refractivity contribution in [2.75, 3.05) is 13.1 Å². The number of rotatable bonds is 2. The zero-order chi connectivity index (χ0) is 16.5. The van der Waals surface area contributed by atoms with E-state index in [-0.39, 0.29) is 13.0 Å². The molecule has 1 aliphatic rings. The maximum atomic E-state index is 12.5. The molecule has 1 unspecified atom stereocenters. The van der Waals surface area contributed by atoms with Crippen LogP contribution in [-0.4, -0.2) is 49.1 Å². The van der Waals surface area contributed by atoms with Gasteiger partial charge in [0.25, 0.3) is 0 Å². The summed E-state index contributed by atoms with van der Waals surface area (Å²) in [7, 11) is -5.36. The first-order valence-electron chi connectivity index (χ1n) is 6.39. The molecule has 0 aliphatic carbocycles. The van der Waals surface area contributed by atoms with E-state index in [0.29, 0.717) is 10.7 Å². The lowest BCUT2D eigenvalue weighted by atomic mass is 10.1. The van der Waals surface area contributed by atoms with E-state index in [1.165, 1.54) is 0 Å². The number of sulfonamides is 1. The molecule has 124 valence electrons. The highest BCUT2D eigenvalue weighted by molar-refractivity contribution is 7.90. The average molecular weight is 332 g/mol. The van der Waals surface area contributed by atoms with Crippen LogP contribution in [0.4, 0.5) is 18.0 Å². The van der Waals surface area contributed by atoms with Crippen molar-refractivity contribution in [2.24, 2.45) is 0 Å². The summed E-state index contributed by atoms with van der Waals surface area (Å²) in [5, 5.41) is 2.39. The molecule has 1 atom stereocenters. The van der Waals surface area contributed by atoms with Gasteiger partial charge in [-0.3, -0.25) is 0 Å². The number of halogens is 3. The summed E-state index contributed by atoms with van der Waals surface area (Å²) < 4.78 is 65.4. The monoisotopic (exact) mass is 332 g/mol. The molecule has 1 N–H and O–H groups in total. The number of alkyl halides is 3. The largest absolute Gasteiger partial charge is 0.511 e. The average Bonchev–Trinajstić information content (AvgIpc) is 2.24. The molecule has 6 nitrogen and oxygen atoms in total. The van der Waals surface area contributed by atoms with E-state index < -0.39 is 39.8 Å². The lowest BCUT2D eigenvalue weighted by Crippen LogP contribution is -2.52. The fourth-order valence-corrected chi connectivity index (χ4v) is 2.94. The fourth-order valence-electron chi connectivity index (χ4n) is 1.90. The van der Waals surface area contributed by atoms with Crippen LogP contribution in [0.5, 0.6) is 0 Å². The Morgan fingerprint density at radius 3 is 2.33 bits per heavy atom. The first-order chi connectivity index (χ1) is 9.33.